The third-order valence-corrected chi connectivity index (χ3v) is 4.51. The van der Waals surface area contributed by atoms with Gasteiger partial charge in [0.2, 0.25) is 0 Å². The minimum absolute atomic E-state index is 0.301. The summed E-state index contributed by atoms with van der Waals surface area (Å²) in [6.07, 6.45) is 7.50. The van der Waals surface area contributed by atoms with E-state index in [1.807, 2.05) is 53.1 Å². The first kappa shape index (κ1) is 17.2. The van der Waals surface area contributed by atoms with E-state index in [-0.39, 0.29) is 0 Å². The lowest BCUT2D eigenvalue weighted by Gasteiger charge is -2.22. The van der Waals surface area contributed by atoms with E-state index in [2.05, 4.69) is 41.4 Å². The predicted octanol–water partition coefficient (Wildman–Crippen LogP) is 2.93. The van der Waals surface area contributed by atoms with Gasteiger partial charge in [0, 0.05) is 44.4 Å². The van der Waals surface area contributed by atoms with Crippen molar-refractivity contribution in [3.8, 4) is 5.75 Å². The Kier molecular flexibility index (Phi) is 5.50. The normalized spacial score (nSPS) is 13.6. The van der Waals surface area contributed by atoms with Crippen molar-refractivity contribution >= 4 is 0 Å². The fourth-order valence-electron chi connectivity index (χ4n) is 2.59. The minimum atomic E-state index is 0.301. The lowest BCUT2D eigenvalue weighted by molar-refractivity contribution is 0.291. The maximum atomic E-state index is 5.78. The summed E-state index contributed by atoms with van der Waals surface area (Å²) in [6.45, 7) is 5.63. The van der Waals surface area contributed by atoms with Gasteiger partial charge in [-0.15, -0.1) is 0 Å². The number of hydrogen-bond donors (Lipinski definition) is 1. The largest absolute Gasteiger partial charge is 0.486 e. The van der Waals surface area contributed by atoms with E-state index in [1.54, 1.807) is 6.20 Å². The molecule has 0 saturated heterocycles. The second kappa shape index (κ2) is 7.98. The Bertz CT molecular complexity index is 763. The van der Waals surface area contributed by atoms with Gasteiger partial charge in [0.25, 0.3) is 0 Å². The van der Waals surface area contributed by atoms with Crippen LogP contribution in [0.25, 0.3) is 0 Å². The van der Waals surface area contributed by atoms with Crippen molar-refractivity contribution < 1.29 is 4.74 Å². The fourth-order valence-corrected chi connectivity index (χ4v) is 2.59. The molecule has 2 aromatic heterocycles. The van der Waals surface area contributed by atoms with Crippen molar-refractivity contribution in [1.29, 1.82) is 0 Å². The predicted molar refractivity (Wildman–Crippen MR) is 97.2 cm³/mol. The molecule has 0 amide bonds. The summed E-state index contributed by atoms with van der Waals surface area (Å²) < 4.78 is 9.72. The number of imidazole rings is 1. The van der Waals surface area contributed by atoms with Crippen LogP contribution in [0.1, 0.15) is 31.3 Å². The first-order chi connectivity index (χ1) is 12.1. The molecule has 0 radical (unpaired) electrons. The standard InChI is InChI=1S/C19H25N5O/c1-15(16(2)24-11-4-9-22-24)21-13-17-5-7-18(8-6-17)25-14-19-20-10-12-23(19)3/h4-12,15-16,21H,13-14H2,1-3H3/t15-,16+/m1/s1. The van der Waals surface area contributed by atoms with E-state index in [1.165, 1.54) is 5.56 Å². The van der Waals surface area contributed by atoms with Crippen molar-refractivity contribution in [2.75, 3.05) is 0 Å². The molecule has 1 aromatic carbocycles. The molecule has 0 saturated carbocycles. The van der Waals surface area contributed by atoms with Crippen LogP contribution in [0, 0.1) is 0 Å². The van der Waals surface area contributed by atoms with Gasteiger partial charge in [-0.1, -0.05) is 12.1 Å². The SMILES string of the molecule is C[C@@H](NCc1ccc(OCc2nccn2C)cc1)[C@H](C)n1cccn1. The first-order valence-electron chi connectivity index (χ1n) is 8.54. The molecule has 1 N–H and O–H groups in total. The molecule has 132 valence electrons. The summed E-state index contributed by atoms with van der Waals surface area (Å²) >= 11 is 0. The van der Waals surface area contributed by atoms with Crippen LogP contribution in [-0.4, -0.2) is 25.4 Å². The molecule has 2 heterocycles. The zero-order valence-corrected chi connectivity index (χ0v) is 15.0. The number of nitrogens with zero attached hydrogens (tertiary/aromatic N) is 4. The van der Waals surface area contributed by atoms with Gasteiger partial charge in [0.1, 0.15) is 18.2 Å². The topological polar surface area (TPSA) is 56.9 Å². The second-order valence-corrected chi connectivity index (χ2v) is 6.28. The quantitative estimate of drug-likeness (QED) is 0.685. The Hall–Kier alpha value is -2.60. The second-order valence-electron chi connectivity index (χ2n) is 6.28. The van der Waals surface area contributed by atoms with E-state index >= 15 is 0 Å². The average Bonchev–Trinajstić information content (AvgIpc) is 3.30. The van der Waals surface area contributed by atoms with Gasteiger partial charge in [-0.05, 0) is 37.6 Å². The Morgan fingerprint density at radius 1 is 1.12 bits per heavy atom. The molecule has 0 aliphatic heterocycles. The lowest BCUT2D eigenvalue weighted by Crippen LogP contribution is -2.33. The Labute approximate surface area is 148 Å². The first-order valence-corrected chi connectivity index (χ1v) is 8.54. The maximum Gasteiger partial charge on any atom is 0.146 e. The van der Waals surface area contributed by atoms with Gasteiger partial charge in [0.15, 0.2) is 0 Å². The van der Waals surface area contributed by atoms with E-state index in [9.17, 15) is 0 Å². The van der Waals surface area contributed by atoms with Crippen LogP contribution in [0.4, 0.5) is 0 Å². The van der Waals surface area contributed by atoms with Crippen LogP contribution in [0.15, 0.2) is 55.1 Å². The highest BCUT2D eigenvalue weighted by molar-refractivity contribution is 5.27. The average molecular weight is 339 g/mol. The molecule has 0 aliphatic carbocycles. The smallest absolute Gasteiger partial charge is 0.146 e. The number of rotatable bonds is 8. The third-order valence-electron chi connectivity index (χ3n) is 4.51. The highest BCUT2D eigenvalue weighted by atomic mass is 16.5. The Balaban J connectivity index is 1.48. The summed E-state index contributed by atoms with van der Waals surface area (Å²) in [5, 5.41) is 7.86. The van der Waals surface area contributed by atoms with Crippen LogP contribution in [0.2, 0.25) is 0 Å². The molecular weight excluding hydrogens is 314 g/mol. The number of ether oxygens (including phenoxy) is 1. The molecule has 6 nitrogen and oxygen atoms in total. The van der Waals surface area contributed by atoms with Gasteiger partial charge in [-0.25, -0.2) is 4.98 Å². The monoisotopic (exact) mass is 339 g/mol. The maximum absolute atomic E-state index is 5.78. The summed E-state index contributed by atoms with van der Waals surface area (Å²) in [4.78, 5) is 4.26. The van der Waals surface area contributed by atoms with Gasteiger partial charge in [-0.3, -0.25) is 4.68 Å². The molecule has 0 spiro atoms. The van der Waals surface area contributed by atoms with Gasteiger partial charge < -0.3 is 14.6 Å². The summed E-state index contributed by atoms with van der Waals surface area (Å²) in [5.74, 6) is 1.76. The summed E-state index contributed by atoms with van der Waals surface area (Å²) in [5.41, 5.74) is 1.23. The number of nitrogens with one attached hydrogen (secondary N) is 1. The van der Waals surface area contributed by atoms with Crippen LogP contribution >= 0.6 is 0 Å². The number of benzene rings is 1. The molecule has 0 fully saturated rings. The van der Waals surface area contributed by atoms with Crippen LogP contribution in [0.3, 0.4) is 0 Å². The van der Waals surface area contributed by atoms with E-state index in [0.717, 1.165) is 18.1 Å². The van der Waals surface area contributed by atoms with Crippen molar-refractivity contribution in [2.24, 2.45) is 7.05 Å². The molecule has 0 unspecified atom stereocenters. The van der Waals surface area contributed by atoms with Gasteiger partial charge in [0.05, 0.1) is 6.04 Å². The zero-order chi connectivity index (χ0) is 17.6. The van der Waals surface area contributed by atoms with Crippen LogP contribution in [0.5, 0.6) is 5.75 Å². The van der Waals surface area contributed by atoms with Crippen molar-refractivity contribution in [3.05, 3.63) is 66.5 Å². The summed E-state index contributed by atoms with van der Waals surface area (Å²) in [7, 11) is 1.96. The molecule has 0 bridgehead atoms. The highest BCUT2D eigenvalue weighted by Crippen LogP contribution is 2.15. The summed E-state index contributed by atoms with van der Waals surface area (Å²) in [6, 6.07) is 10.8. The zero-order valence-electron chi connectivity index (χ0n) is 15.0. The van der Waals surface area contributed by atoms with Crippen LogP contribution < -0.4 is 10.1 Å². The molecule has 25 heavy (non-hydrogen) atoms. The van der Waals surface area contributed by atoms with E-state index < -0.39 is 0 Å². The number of hydrogen-bond acceptors (Lipinski definition) is 4. The Morgan fingerprint density at radius 3 is 2.56 bits per heavy atom. The van der Waals surface area contributed by atoms with Gasteiger partial charge in [-0.2, -0.15) is 5.10 Å². The number of aryl methyl sites for hydroxylation is 1. The van der Waals surface area contributed by atoms with Crippen molar-refractivity contribution in [3.63, 3.8) is 0 Å². The third kappa shape index (κ3) is 4.48. The van der Waals surface area contributed by atoms with Crippen LogP contribution in [-0.2, 0) is 20.2 Å². The van der Waals surface area contributed by atoms with E-state index in [0.29, 0.717) is 18.7 Å². The minimum Gasteiger partial charge on any atom is -0.486 e. The molecule has 0 aliphatic rings. The van der Waals surface area contributed by atoms with Gasteiger partial charge >= 0.3 is 0 Å². The molecule has 6 heteroatoms. The number of aromatic nitrogens is 4. The molecule has 3 aromatic rings. The lowest BCUT2D eigenvalue weighted by atomic mass is 10.1. The van der Waals surface area contributed by atoms with E-state index in [4.69, 9.17) is 4.74 Å². The molecule has 2 atom stereocenters. The Morgan fingerprint density at radius 2 is 1.92 bits per heavy atom. The highest BCUT2D eigenvalue weighted by Gasteiger charge is 2.13. The molecule has 3 rings (SSSR count). The molecular formula is C19H25N5O. The van der Waals surface area contributed by atoms with Crippen molar-refractivity contribution in [2.45, 2.75) is 39.1 Å². The van der Waals surface area contributed by atoms with Crippen molar-refractivity contribution in [1.82, 2.24) is 24.6 Å². The fraction of sp³-hybridized carbons (Fsp3) is 0.368.